The van der Waals surface area contributed by atoms with Gasteiger partial charge in [0.2, 0.25) is 0 Å². The van der Waals surface area contributed by atoms with Crippen molar-refractivity contribution in [1.82, 2.24) is 15.2 Å². The number of aromatic nitrogens is 1. The summed E-state index contributed by atoms with van der Waals surface area (Å²) in [6.45, 7) is 11.3. The van der Waals surface area contributed by atoms with Crippen molar-refractivity contribution in [3.63, 3.8) is 0 Å². The minimum Gasteiger partial charge on any atom is -0.370 e. The molecule has 0 fully saturated rings. The maximum absolute atomic E-state index is 13.4. The second kappa shape index (κ2) is 10.9. The molecule has 0 saturated carbocycles. The van der Waals surface area contributed by atoms with Crippen LogP contribution in [0.15, 0.2) is 77.8 Å². The number of nitrogens with one attached hydrogen (secondary N) is 1. The highest BCUT2D eigenvalue weighted by atomic mass is 35.5. The third kappa shape index (κ3) is 5.17. The van der Waals surface area contributed by atoms with Gasteiger partial charge >= 0.3 is 0 Å². The Morgan fingerprint density at radius 3 is 2.72 bits per heavy atom. The van der Waals surface area contributed by atoms with E-state index in [-0.39, 0.29) is 5.91 Å². The molecule has 1 aliphatic rings. The fraction of sp³-hybridized carbons (Fsp3) is 0.269. The van der Waals surface area contributed by atoms with Crippen LogP contribution in [-0.2, 0) is 4.79 Å². The number of hydrogen-bond acceptors (Lipinski definition) is 4. The maximum atomic E-state index is 13.4. The van der Waals surface area contributed by atoms with Gasteiger partial charge in [-0.25, -0.2) is 4.99 Å². The van der Waals surface area contributed by atoms with Crippen LogP contribution in [0.1, 0.15) is 39.2 Å². The van der Waals surface area contributed by atoms with E-state index in [0.717, 1.165) is 36.1 Å². The molecule has 0 atom stereocenters. The number of allylic oxidation sites excluding steroid dienone is 1. The first-order valence-corrected chi connectivity index (χ1v) is 11.3. The van der Waals surface area contributed by atoms with Crippen molar-refractivity contribution in [2.45, 2.75) is 33.6 Å². The molecule has 0 radical (unpaired) electrons. The van der Waals surface area contributed by atoms with Crippen molar-refractivity contribution >= 4 is 28.9 Å². The molecule has 0 spiro atoms. The standard InChI is InChI=1S/C26H29ClN4O/c1-5-8-14-29-18(4)30-25-19(6-2)15-23(26(32)31(25)7-3)22-12-11-20(16-24(22)27)21-10-9-13-28-17-21/h6,9-13,15-17,29H,4-5,7-8,14H2,1-3H3/b19-6-,30-25+. The topological polar surface area (TPSA) is 57.6 Å². The number of nitrogens with zero attached hydrogens (tertiary/aromatic N) is 3. The Kier molecular flexibility index (Phi) is 8.01. The lowest BCUT2D eigenvalue weighted by Gasteiger charge is -2.30. The van der Waals surface area contributed by atoms with Gasteiger partial charge < -0.3 is 5.32 Å². The molecule has 3 rings (SSSR count). The highest BCUT2D eigenvalue weighted by molar-refractivity contribution is 6.37. The molecule has 0 aliphatic carbocycles. The quantitative estimate of drug-likeness (QED) is 0.515. The van der Waals surface area contributed by atoms with Gasteiger partial charge in [-0.15, -0.1) is 0 Å². The van der Waals surface area contributed by atoms with Crippen molar-refractivity contribution in [2.24, 2.45) is 4.99 Å². The van der Waals surface area contributed by atoms with Crippen LogP contribution in [0.3, 0.4) is 0 Å². The molecule has 0 unspecified atom stereocenters. The molecule has 5 nitrogen and oxygen atoms in total. The zero-order valence-electron chi connectivity index (χ0n) is 18.9. The van der Waals surface area contributed by atoms with Crippen LogP contribution in [0.25, 0.3) is 16.7 Å². The van der Waals surface area contributed by atoms with E-state index < -0.39 is 0 Å². The second-order valence-corrected chi connectivity index (χ2v) is 7.86. The summed E-state index contributed by atoms with van der Waals surface area (Å²) >= 11 is 6.65. The highest BCUT2D eigenvalue weighted by Crippen LogP contribution is 2.33. The Morgan fingerprint density at radius 2 is 2.09 bits per heavy atom. The Balaban J connectivity index is 1.97. The number of pyridine rings is 1. The summed E-state index contributed by atoms with van der Waals surface area (Å²) in [7, 11) is 0. The second-order valence-electron chi connectivity index (χ2n) is 7.45. The van der Waals surface area contributed by atoms with Gasteiger partial charge in [0, 0.05) is 52.8 Å². The van der Waals surface area contributed by atoms with Crippen LogP contribution in [0.2, 0.25) is 5.02 Å². The predicted octanol–water partition coefficient (Wildman–Crippen LogP) is 5.85. The summed E-state index contributed by atoms with van der Waals surface area (Å²) in [5, 5.41) is 3.73. The highest BCUT2D eigenvalue weighted by Gasteiger charge is 2.30. The molecule has 1 N–H and O–H groups in total. The van der Waals surface area contributed by atoms with Gasteiger partial charge in [0.25, 0.3) is 5.91 Å². The first-order chi connectivity index (χ1) is 15.5. The molecule has 166 valence electrons. The first kappa shape index (κ1) is 23.5. The van der Waals surface area contributed by atoms with Gasteiger partial charge in [-0.05, 0) is 44.0 Å². The fourth-order valence-electron chi connectivity index (χ4n) is 3.53. The SMILES string of the molecule is C=C(/N=C1\C(=C/C)C=C(c2ccc(-c3cccnc3)cc2Cl)C(=O)N1CC)NCCCC. The van der Waals surface area contributed by atoms with E-state index in [4.69, 9.17) is 11.6 Å². The number of aliphatic imine (C=N–C) groups is 1. The van der Waals surface area contributed by atoms with Gasteiger partial charge in [-0.1, -0.05) is 55.8 Å². The minimum absolute atomic E-state index is 0.130. The summed E-state index contributed by atoms with van der Waals surface area (Å²) < 4.78 is 0. The zero-order valence-corrected chi connectivity index (χ0v) is 19.6. The molecule has 6 heteroatoms. The van der Waals surface area contributed by atoms with Crippen LogP contribution < -0.4 is 5.32 Å². The van der Waals surface area contributed by atoms with Crippen molar-refractivity contribution in [3.05, 3.63) is 83.4 Å². The number of amides is 1. The number of rotatable bonds is 8. The van der Waals surface area contributed by atoms with Gasteiger partial charge in [0.05, 0.1) is 0 Å². The van der Waals surface area contributed by atoms with Gasteiger partial charge in [-0.3, -0.25) is 14.7 Å². The number of carbonyl (C=O) groups excluding carboxylic acids is 1. The van der Waals surface area contributed by atoms with Crippen LogP contribution in [0.4, 0.5) is 0 Å². The first-order valence-electron chi connectivity index (χ1n) is 10.9. The monoisotopic (exact) mass is 448 g/mol. The third-order valence-corrected chi connectivity index (χ3v) is 5.58. The molecule has 1 aliphatic heterocycles. The van der Waals surface area contributed by atoms with E-state index in [1.54, 1.807) is 17.3 Å². The fourth-order valence-corrected chi connectivity index (χ4v) is 3.81. The molecule has 2 aromatic rings. The predicted molar refractivity (Wildman–Crippen MR) is 133 cm³/mol. The molecule has 0 bridgehead atoms. The number of carbonyl (C=O) groups is 1. The Hall–Kier alpha value is -3.18. The lowest BCUT2D eigenvalue weighted by atomic mass is 9.95. The van der Waals surface area contributed by atoms with Gasteiger partial charge in [-0.2, -0.15) is 0 Å². The minimum atomic E-state index is -0.130. The molecule has 1 amide bonds. The van der Waals surface area contributed by atoms with E-state index in [2.05, 4.69) is 28.8 Å². The number of halogens is 1. The Bertz CT molecular complexity index is 1090. The smallest absolute Gasteiger partial charge is 0.260 e. The number of amidine groups is 1. The lowest BCUT2D eigenvalue weighted by Crippen LogP contribution is -2.41. The lowest BCUT2D eigenvalue weighted by molar-refractivity contribution is -0.121. The summed E-state index contributed by atoms with van der Waals surface area (Å²) in [6.07, 6.45) is 9.45. The molecule has 0 saturated heterocycles. The van der Waals surface area contributed by atoms with Crippen LogP contribution in [-0.4, -0.2) is 34.7 Å². The molecule has 1 aromatic heterocycles. The zero-order chi connectivity index (χ0) is 23.1. The molecular weight excluding hydrogens is 420 g/mol. The van der Waals surface area contributed by atoms with E-state index in [9.17, 15) is 4.79 Å². The van der Waals surface area contributed by atoms with E-state index in [1.807, 2.05) is 56.3 Å². The summed E-state index contributed by atoms with van der Waals surface area (Å²) in [6, 6.07) is 9.58. The third-order valence-electron chi connectivity index (χ3n) is 5.27. The molecule has 32 heavy (non-hydrogen) atoms. The van der Waals surface area contributed by atoms with Crippen molar-refractivity contribution in [2.75, 3.05) is 13.1 Å². The summed E-state index contributed by atoms with van der Waals surface area (Å²) in [5.41, 5.74) is 4.02. The number of benzene rings is 1. The van der Waals surface area contributed by atoms with Crippen molar-refractivity contribution in [3.8, 4) is 11.1 Å². The van der Waals surface area contributed by atoms with E-state index in [1.165, 1.54) is 0 Å². The Morgan fingerprint density at radius 1 is 1.28 bits per heavy atom. The van der Waals surface area contributed by atoms with Crippen LogP contribution in [0.5, 0.6) is 0 Å². The molecular formula is C26H29ClN4O. The number of unbranched alkanes of at least 4 members (excludes halogenated alkanes) is 1. The maximum Gasteiger partial charge on any atom is 0.260 e. The van der Waals surface area contributed by atoms with Gasteiger partial charge in [0.15, 0.2) is 0 Å². The molecule has 1 aromatic carbocycles. The van der Waals surface area contributed by atoms with Crippen molar-refractivity contribution < 1.29 is 4.79 Å². The average molecular weight is 449 g/mol. The van der Waals surface area contributed by atoms with Gasteiger partial charge in [0.1, 0.15) is 11.7 Å². The molecule has 2 heterocycles. The normalized spacial score (nSPS) is 16.4. The van der Waals surface area contributed by atoms with Crippen LogP contribution >= 0.6 is 11.6 Å². The summed E-state index contributed by atoms with van der Waals surface area (Å²) in [4.78, 5) is 23.9. The largest absolute Gasteiger partial charge is 0.370 e. The number of hydrogen-bond donors (Lipinski definition) is 1. The van der Waals surface area contributed by atoms with Crippen molar-refractivity contribution in [1.29, 1.82) is 0 Å². The summed E-state index contributed by atoms with van der Waals surface area (Å²) in [5.74, 6) is 1.02. The Labute approximate surface area is 195 Å². The van der Waals surface area contributed by atoms with Crippen LogP contribution in [0, 0.1) is 0 Å². The van der Waals surface area contributed by atoms with E-state index in [0.29, 0.717) is 34.4 Å². The van der Waals surface area contributed by atoms with E-state index >= 15 is 0 Å². The number of likely N-dealkylation sites (N-methyl/N-ethyl adjacent to an activating group) is 1. The average Bonchev–Trinajstić information content (AvgIpc) is 2.80.